The highest BCUT2D eigenvalue weighted by molar-refractivity contribution is 7.99. The van der Waals surface area contributed by atoms with Gasteiger partial charge in [0.2, 0.25) is 0 Å². The minimum atomic E-state index is 0.0998. The van der Waals surface area contributed by atoms with E-state index in [9.17, 15) is 0 Å². The molecule has 3 rings (SSSR count). The van der Waals surface area contributed by atoms with Crippen LogP contribution in [0.1, 0.15) is 13.8 Å². The van der Waals surface area contributed by atoms with E-state index in [0.29, 0.717) is 0 Å². The summed E-state index contributed by atoms with van der Waals surface area (Å²) < 4.78 is 5.24. The summed E-state index contributed by atoms with van der Waals surface area (Å²) in [5, 5.41) is 4.34. The lowest BCUT2D eigenvalue weighted by Crippen LogP contribution is -2.57. The van der Waals surface area contributed by atoms with Crippen LogP contribution in [0.5, 0.6) is 5.75 Å². The van der Waals surface area contributed by atoms with Gasteiger partial charge in [-0.2, -0.15) is 0 Å². The van der Waals surface area contributed by atoms with Crippen molar-refractivity contribution >= 4 is 29.1 Å². The van der Waals surface area contributed by atoms with Crippen molar-refractivity contribution in [2.75, 3.05) is 31.6 Å². The number of anilines is 1. The molecule has 0 saturated carbocycles. The second kappa shape index (κ2) is 7.26. The third kappa shape index (κ3) is 4.18. The van der Waals surface area contributed by atoms with Crippen molar-refractivity contribution in [2.45, 2.75) is 29.2 Å². The normalized spacial score (nSPS) is 16.9. The average molecular weight is 363 g/mol. The third-order valence-electron chi connectivity index (χ3n) is 4.12. The number of nitrogens with one attached hydrogen (secondary N) is 1. The van der Waals surface area contributed by atoms with Gasteiger partial charge in [0.1, 0.15) is 5.75 Å². The first-order chi connectivity index (χ1) is 11.5. The van der Waals surface area contributed by atoms with Gasteiger partial charge in [-0.1, -0.05) is 23.4 Å². The molecule has 2 aromatic carbocycles. The molecule has 1 fully saturated rings. The molecule has 0 spiro atoms. The van der Waals surface area contributed by atoms with Crippen molar-refractivity contribution < 1.29 is 4.74 Å². The molecule has 1 saturated heterocycles. The summed E-state index contributed by atoms with van der Waals surface area (Å²) >= 11 is 8.04. The van der Waals surface area contributed by atoms with Crippen LogP contribution in [0.15, 0.2) is 52.3 Å². The maximum absolute atomic E-state index is 6.28. The van der Waals surface area contributed by atoms with Gasteiger partial charge in [0.05, 0.1) is 12.8 Å². The molecule has 0 amide bonds. The van der Waals surface area contributed by atoms with Crippen LogP contribution in [0.3, 0.4) is 0 Å². The number of nitrogens with zero attached hydrogens (tertiary/aromatic N) is 1. The fourth-order valence-electron chi connectivity index (χ4n) is 2.94. The van der Waals surface area contributed by atoms with Gasteiger partial charge in [-0.05, 0) is 56.3 Å². The first-order valence-electron chi connectivity index (χ1n) is 8.08. The van der Waals surface area contributed by atoms with E-state index in [1.54, 1.807) is 18.9 Å². The van der Waals surface area contributed by atoms with E-state index in [0.717, 1.165) is 30.4 Å². The summed E-state index contributed by atoms with van der Waals surface area (Å²) in [7, 11) is 1.69. The SMILES string of the molecule is COc1ccc(Sc2ccc(Cl)cc2N2CCNC(C)(C)C2)cc1. The van der Waals surface area contributed by atoms with Crippen LogP contribution < -0.4 is 15.0 Å². The highest BCUT2D eigenvalue weighted by Gasteiger charge is 2.27. The van der Waals surface area contributed by atoms with Gasteiger partial charge < -0.3 is 15.0 Å². The number of ether oxygens (including phenoxy) is 1. The van der Waals surface area contributed by atoms with E-state index in [2.05, 4.69) is 48.3 Å². The predicted octanol–water partition coefficient (Wildman–Crippen LogP) is 4.69. The van der Waals surface area contributed by atoms with Crippen LogP contribution in [-0.2, 0) is 0 Å². The van der Waals surface area contributed by atoms with Crippen LogP contribution in [-0.4, -0.2) is 32.3 Å². The van der Waals surface area contributed by atoms with Crippen molar-refractivity contribution in [3.63, 3.8) is 0 Å². The maximum atomic E-state index is 6.28. The molecule has 0 bridgehead atoms. The summed E-state index contributed by atoms with van der Waals surface area (Å²) in [6, 6.07) is 14.3. The molecule has 128 valence electrons. The fraction of sp³-hybridized carbons (Fsp3) is 0.368. The third-order valence-corrected chi connectivity index (χ3v) is 5.43. The quantitative estimate of drug-likeness (QED) is 0.852. The first-order valence-corrected chi connectivity index (χ1v) is 9.28. The summed E-state index contributed by atoms with van der Waals surface area (Å²) in [5.74, 6) is 0.875. The van der Waals surface area contributed by atoms with Crippen molar-refractivity contribution in [2.24, 2.45) is 0 Å². The number of piperazine rings is 1. The van der Waals surface area contributed by atoms with Gasteiger partial charge >= 0.3 is 0 Å². The van der Waals surface area contributed by atoms with E-state index in [1.807, 2.05) is 18.2 Å². The van der Waals surface area contributed by atoms with Crippen LogP contribution in [0.4, 0.5) is 5.69 Å². The van der Waals surface area contributed by atoms with Gasteiger partial charge in [0.15, 0.2) is 0 Å². The lowest BCUT2D eigenvalue weighted by atomic mass is 10.0. The van der Waals surface area contributed by atoms with Crippen molar-refractivity contribution in [1.29, 1.82) is 0 Å². The molecular weight excluding hydrogens is 340 g/mol. The molecule has 0 atom stereocenters. The molecule has 24 heavy (non-hydrogen) atoms. The van der Waals surface area contributed by atoms with Crippen molar-refractivity contribution in [3.8, 4) is 5.75 Å². The highest BCUT2D eigenvalue weighted by atomic mass is 35.5. The van der Waals surface area contributed by atoms with E-state index in [-0.39, 0.29) is 5.54 Å². The Morgan fingerprint density at radius 3 is 2.58 bits per heavy atom. The Morgan fingerprint density at radius 2 is 1.92 bits per heavy atom. The second-order valence-electron chi connectivity index (χ2n) is 6.62. The summed E-state index contributed by atoms with van der Waals surface area (Å²) in [6.07, 6.45) is 0. The Labute approximate surface area is 153 Å². The van der Waals surface area contributed by atoms with Crippen molar-refractivity contribution in [3.05, 3.63) is 47.5 Å². The highest BCUT2D eigenvalue weighted by Crippen LogP contribution is 2.38. The van der Waals surface area contributed by atoms with Gasteiger partial charge in [-0.15, -0.1) is 0 Å². The van der Waals surface area contributed by atoms with E-state index in [4.69, 9.17) is 16.3 Å². The predicted molar refractivity (Wildman–Crippen MR) is 103 cm³/mol. The minimum absolute atomic E-state index is 0.0998. The molecule has 1 heterocycles. The zero-order valence-electron chi connectivity index (χ0n) is 14.3. The Hall–Kier alpha value is -1.36. The zero-order chi connectivity index (χ0) is 17.2. The largest absolute Gasteiger partial charge is 0.497 e. The molecule has 0 aromatic heterocycles. The van der Waals surface area contributed by atoms with Crippen LogP contribution in [0.2, 0.25) is 5.02 Å². The molecule has 1 aliphatic heterocycles. The standard InChI is InChI=1S/C19H23ClN2OS/c1-19(2)13-22(11-10-21-19)17-12-14(20)4-9-18(17)24-16-7-5-15(23-3)6-8-16/h4-9,12,21H,10-11,13H2,1-3H3. The molecule has 1 aliphatic rings. The van der Waals surface area contributed by atoms with Gasteiger partial charge in [-0.25, -0.2) is 0 Å². The summed E-state index contributed by atoms with van der Waals surface area (Å²) in [5.41, 5.74) is 1.31. The minimum Gasteiger partial charge on any atom is -0.497 e. The van der Waals surface area contributed by atoms with E-state index < -0.39 is 0 Å². The zero-order valence-corrected chi connectivity index (χ0v) is 15.9. The fourth-order valence-corrected chi connectivity index (χ4v) is 4.06. The smallest absolute Gasteiger partial charge is 0.118 e. The molecule has 1 N–H and O–H groups in total. The van der Waals surface area contributed by atoms with Gasteiger partial charge in [-0.3, -0.25) is 0 Å². The number of methoxy groups -OCH3 is 1. The average Bonchev–Trinajstić information content (AvgIpc) is 2.56. The Bertz CT molecular complexity index is 703. The van der Waals surface area contributed by atoms with Crippen LogP contribution in [0, 0.1) is 0 Å². The van der Waals surface area contributed by atoms with Crippen molar-refractivity contribution in [1.82, 2.24) is 5.32 Å². The maximum Gasteiger partial charge on any atom is 0.118 e. The molecule has 0 aliphatic carbocycles. The number of rotatable bonds is 4. The molecule has 0 radical (unpaired) electrons. The number of hydrogen-bond donors (Lipinski definition) is 1. The Kier molecular flexibility index (Phi) is 5.28. The number of halogens is 1. The summed E-state index contributed by atoms with van der Waals surface area (Å²) in [6.45, 7) is 7.40. The molecule has 3 nitrogen and oxygen atoms in total. The topological polar surface area (TPSA) is 24.5 Å². The van der Waals surface area contributed by atoms with Gasteiger partial charge in [0.25, 0.3) is 0 Å². The molecule has 0 unspecified atom stereocenters. The monoisotopic (exact) mass is 362 g/mol. The summed E-state index contributed by atoms with van der Waals surface area (Å²) in [4.78, 5) is 4.84. The first kappa shape index (κ1) is 17.5. The Balaban J connectivity index is 1.87. The molecule has 5 heteroatoms. The Morgan fingerprint density at radius 1 is 1.17 bits per heavy atom. The van der Waals surface area contributed by atoms with Crippen LogP contribution in [0.25, 0.3) is 0 Å². The number of hydrogen-bond acceptors (Lipinski definition) is 4. The molecule has 2 aromatic rings. The van der Waals surface area contributed by atoms with Gasteiger partial charge in [0, 0.05) is 40.0 Å². The lowest BCUT2D eigenvalue weighted by molar-refractivity contribution is 0.352. The molecular formula is C19H23ClN2OS. The van der Waals surface area contributed by atoms with E-state index >= 15 is 0 Å². The number of benzene rings is 2. The van der Waals surface area contributed by atoms with E-state index in [1.165, 1.54) is 15.5 Å². The second-order valence-corrected chi connectivity index (χ2v) is 8.17. The lowest BCUT2D eigenvalue weighted by Gasteiger charge is -2.41. The van der Waals surface area contributed by atoms with Crippen LogP contribution >= 0.6 is 23.4 Å².